The molecule has 1 amide bonds. The molecule has 3 N–H and O–H groups in total. The van der Waals surface area contributed by atoms with Crippen molar-refractivity contribution < 1.29 is 4.79 Å². The number of carbonyl (C=O) groups excluding carboxylic acids is 1. The van der Waals surface area contributed by atoms with Crippen LogP contribution in [0, 0.1) is 0 Å². The van der Waals surface area contributed by atoms with Crippen LogP contribution in [0.15, 0.2) is 29.3 Å². The Balaban J connectivity index is 0.00000784. The topological polar surface area (TPSA) is 68.8 Å². The molecule has 166 valence electrons. The molecular formula is C22H40IN5O. The van der Waals surface area contributed by atoms with Gasteiger partial charge in [0.25, 0.3) is 0 Å². The van der Waals surface area contributed by atoms with Gasteiger partial charge in [-0.3, -0.25) is 9.69 Å². The Morgan fingerprint density at radius 2 is 1.66 bits per heavy atom. The fourth-order valence-corrected chi connectivity index (χ4v) is 3.07. The Hall–Kier alpha value is -1.35. The van der Waals surface area contributed by atoms with Gasteiger partial charge in [-0.2, -0.15) is 0 Å². The molecule has 0 aliphatic heterocycles. The van der Waals surface area contributed by atoms with Crippen LogP contribution in [0.1, 0.15) is 59.9 Å². The fourth-order valence-electron chi connectivity index (χ4n) is 3.07. The third-order valence-corrected chi connectivity index (χ3v) is 4.47. The lowest BCUT2D eigenvalue weighted by molar-refractivity contribution is -0.116. The van der Waals surface area contributed by atoms with Gasteiger partial charge in [0.2, 0.25) is 5.91 Å². The Morgan fingerprint density at radius 3 is 2.17 bits per heavy atom. The standard InChI is InChI=1S/C22H39N5O.HI/c1-7-9-21(28)26-20-12-10-19(11-13-20)16-25-22(23-8-2)24-14-15-27(17(3)4)18(5)6;/h10-13,17-18H,7-9,14-16H2,1-6H3,(H,26,28)(H2,23,24,25);1H. The lowest BCUT2D eigenvalue weighted by atomic mass is 10.2. The third-order valence-electron chi connectivity index (χ3n) is 4.47. The first-order valence-electron chi connectivity index (χ1n) is 10.5. The number of amides is 1. The van der Waals surface area contributed by atoms with Crippen molar-refractivity contribution in [1.29, 1.82) is 0 Å². The van der Waals surface area contributed by atoms with Crippen molar-refractivity contribution in [3.8, 4) is 0 Å². The first-order chi connectivity index (χ1) is 13.4. The average molecular weight is 518 g/mol. The van der Waals surface area contributed by atoms with Crippen molar-refractivity contribution in [2.45, 2.75) is 73.0 Å². The number of halogens is 1. The summed E-state index contributed by atoms with van der Waals surface area (Å²) < 4.78 is 0. The molecule has 0 unspecified atom stereocenters. The van der Waals surface area contributed by atoms with E-state index in [0.717, 1.165) is 43.3 Å². The molecule has 0 saturated carbocycles. The maximum atomic E-state index is 11.7. The van der Waals surface area contributed by atoms with Crippen molar-refractivity contribution in [2.24, 2.45) is 4.99 Å². The number of nitrogens with one attached hydrogen (secondary N) is 3. The molecule has 7 heteroatoms. The number of anilines is 1. The molecule has 1 aromatic rings. The Morgan fingerprint density at radius 1 is 1.03 bits per heavy atom. The van der Waals surface area contributed by atoms with E-state index in [0.29, 0.717) is 25.0 Å². The maximum absolute atomic E-state index is 11.7. The molecular weight excluding hydrogens is 477 g/mol. The molecule has 0 aliphatic carbocycles. The molecule has 1 aromatic carbocycles. The highest BCUT2D eigenvalue weighted by Gasteiger charge is 2.12. The summed E-state index contributed by atoms with van der Waals surface area (Å²) in [5.41, 5.74) is 1.94. The van der Waals surface area contributed by atoms with Gasteiger partial charge in [-0.1, -0.05) is 19.1 Å². The molecule has 1 rings (SSSR count). The molecule has 0 bridgehead atoms. The van der Waals surface area contributed by atoms with Gasteiger partial charge in [-0.15, -0.1) is 24.0 Å². The number of rotatable bonds is 11. The number of benzene rings is 1. The Kier molecular flexibility index (Phi) is 14.8. The van der Waals surface area contributed by atoms with Crippen molar-refractivity contribution in [1.82, 2.24) is 15.5 Å². The Labute approximate surface area is 194 Å². The van der Waals surface area contributed by atoms with Crippen LogP contribution in [0.25, 0.3) is 0 Å². The molecule has 0 atom stereocenters. The number of nitrogens with zero attached hydrogens (tertiary/aromatic N) is 2. The number of carbonyl (C=O) groups is 1. The highest BCUT2D eigenvalue weighted by atomic mass is 127. The van der Waals surface area contributed by atoms with Crippen LogP contribution >= 0.6 is 24.0 Å². The minimum Gasteiger partial charge on any atom is -0.357 e. The van der Waals surface area contributed by atoms with Gasteiger partial charge in [-0.25, -0.2) is 4.99 Å². The van der Waals surface area contributed by atoms with Gasteiger partial charge in [0.1, 0.15) is 0 Å². The molecule has 0 aromatic heterocycles. The van der Waals surface area contributed by atoms with Gasteiger partial charge in [0.05, 0.1) is 6.54 Å². The normalized spacial score (nSPS) is 11.6. The zero-order chi connectivity index (χ0) is 20.9. The van der Waals surface area contributed by atoms with Gasteiger partial charge in [0, 0.05) is 43.8 Å². The number of aliphatic imine (C=N–C) groups is 1. The van der Waals surface area contributed by atoms with E-state index in [4.69, 9.17) is 0 Å². The molecule has 0 fully saturated rings. The second-order valence-corrected chi connectivity index (χ2v) is 7.54. The molecule has 0 aliphatic rings. The minimum absolute atomic E-state index is 0. The molecule has 0 spiro atoms. The highest BCUT2D eigenvalue weighted by Crippen LogP contribution is 2.11. The van der Waals surface area contributed by atoms with Crippen LogP contribution in [0.5, 0.6) is 0 Å². The molecule has 6 nitrogen and oxygen atoms in total. The third kappa shape index (κ3) is 11.4. The van der Waals surface area contributed by atoms with E-state index in [1.807, 2.05) is 31.2 Å². The van der Waals surface area contributed by atoms with E-state index < -0.39 is 0 Å². The van der Waals surface area contributed by atoms with Crippen LogP contribution in [-0.2, 0) is 11.3 Å². The van der Waals surface area contributed by atoms with E-state index in [1.165, 1.54) is 0 Å². The quantitative estimate of drug-likeness (QED) is 0.234. The highest BCUT2D eigenvalue weighted by molar-refractivity contribution is 14.0. The minimum atomic E-state index is 0. The summed E-state index contributed by atoms with van der Waals surface area (Å²) in [5, 5.41) is 9.63. The van der Waals surface area contributed by atoms with E-state index >= 15 is 0 Å². The number of hydrogen-bond acceptors (Lipinski definition) is 3. The average Bonchev–Trinajstić information content (AvgIpc) is 2.63. The summed E-state index contributed by atoms with van der Waals surface area (Å²) in [6.07, 6.45) is 1.40. The largest absolute Gasteiger partial charge is 0.357 e. The summed E-state index contributed by atoms with van der Waals surface area (Å²) >= 11 is 0. The first-order valence-corrected chi connectivity index (χ1v) is 10.5. The van der Waals surface area contributed by atoms with E-state index in [-0.39, 0.29) is 29.9 Å². The van der Waals surface area contributed by atoms with Crippen LogP contribution in [0.2, 0.25) is 0 Å². The molecule has 0 radical (unpaired) electrons. The molecule has 29 heavy (non-hydrogen) atoms. The van der Waals surface area contributed by atoms with E-state index in [1.54, 1.807) is 0 Å². The lowest BCUT2D eigenvalue weighted by Crippen LogP contribution is -2.45. The van der Waals surface area contributed by atoms with Crippen LogP contribution in [-0.4, -0.2) is 48.5 Å². The first kappa shape index (κ1) is 27.6. The zero-order valence-electron chi connectivity index (χ0n) is 18.9. The van der Waals surface area contributed by atoms with E-state index in [9.17, 15) is 4.79 Å². The predicted molar refractivity (Wildman–Crippen MR) is 135 cm³/mol. The number of hydrogen-bond donors (Lipinski definition) is 3. The van der Waals surface area contributed by atoms with Crippen molar-refractivity contribution >= 4 is 41.5 Å². The maximum Gasteiger partial charge on any atom is 0.224 e. The van der Waals surface area contributed by atoms with Gasteiger partial charge in [-0.05, 0) is 58.7 Å². The lowest BCUT2D eigenvalue weighted by Gasteiger charge is -2.30. The van der Waals surface area contributed by atoms with Gasteiger partial charge < -0.3 is 16.0 Å². The fraction of sp³-hybridized carbons (Fsp3) is 0.636. The smallest absolute Gasteiger partial charge is 0.224 e. The summed E-state index contributed by atoms with van der Waals surface area (Å²) in [6.45, 7) is 16.2. The molecule has 0 saturated heterocycles. The zero-order valence-corrected chi connectivity index (χ0v) is 21.2. The second kappa shape index (κ2) is 15.5. The monoisotopic (exact) mass is 517 g/mol. The van der Waals surface area contributed by atoms with Crippen LogP contribution in [0.3, 0.4) is 0 Å². The molecule has 0 heterocycles. The van der Waals surface area contributed by atoms with Crippen molar-refractivity contribution in [2.75, 3.05) is 25.0 Å². The number of guanidine groups is 1. The second-order valence-electron chi connectivity index (χ2n) is 7.54. The van der Waals surface area contributed by atoms with Crippen LogP contribution in [0.4, 0.5) is 5.69 Å². The Bertz CT molecular complexity index is 594. The predicted octanol–water partition coefficient (Wildman–Crippen LogP) is 4.22. The summed E-state index contributed by atoms with van der Waals surface area (Å²) in [7, 11) is 0. The van der Waals surface area contributed by atoms with Gasteiger partial charge in [0.15, 0.2) is 5.96 Å². The summed E-state index contributed by atoms with van der Waals surface area (Å²) in [6, 6.07) is 8.93. The van der Waals surface area contributed by atoms with E-state index in [2.05, 4.69) is 60.5 Å². The van der Waals surface area contributed by atoms with Crippen LogP contribution < -0.4 is 16.0 Å². The van der Waals surface area contributed by atoms with Crippen molar-refractivity contribution in [3.63, 3.8) is 0 Å². The van der Waals surface area contributed by atoms with Gasteiger partial charge >= 0.3 is 0 Å². The summed E-state index contributed by atoms with van der Waals surface area (Å²) in [5.74, 6) is 0.888. The van der Waals surface area contributed by atoms with Crippen molar-refractivity contribution in [3.05, 3.63) is 29.8 Å². The SMILES string of the molecule is CCCC(=O)Nc1ccc(CN=C(NCC)NCCN(C(C)C)C(C)C)cc1.I. The summed E-state index contributed by atoms with van der Waals surface area (Å²) in [4.78, 5) is 18.8.